The zero-order chi connectivity index (χ0) is 11.5. The van der Waals surface area contributed by atoms with Crippen LogP contribution in [0.1, 0.15) is 12.8 Å². The molecule has 0 unspecified atom stereocenters. The Morgan fingerprint density at radius 3 is 3.00 bits per heavy atom. The maximum atomic E-state index is 11.5. The molecule has 2 heterocycles. The SMILES string of the molecule is O=C(O)CC1=NN(c2cccnn2)C(=O)C1. The summed E-state index contributed by atoms with van der Waals surface area (Å²) in [6.45, 7) is 0. The molecule has 1 amide bonds. The number of aliphatic carboxylic acids is 1. The molecule has 16 heavy (non-hydrogen) atoms. The van der Waals surface area contributed by atoms with Crippen molar-refractivity contribution in [2.24, 2.45) is 5.10 Å². The maximum Gasteiger partial charge on any atom is 0.309 e. The number of aromatic nitrogens is 2. The van der Waals surface area contributed by atoms with E-state index < -0.39 is 5.97 Å². The van der Waals surface area contributed by atoms with Crippen LogP contribution in [0.25, 0.3) is 0 Å². The smallest absolute Gasteiger partial charge is 0.309 e. The summed E-state index contributed by atoms with van der Waals surface area (Å²) in [4.78, 5) is 22.0. The topological polar surface area (TPSA) is 95.8 Å². The molecule has 1 N–H and O–H groups in total. The van der Waals surface area contributed by atoms with Gasteiger partial charge in [-0.25, -0.2) is 0 Å². The number of nitrogens with zero attached hydrogens (tertiary/aromatic N) is 4. The first kappa shape index (κ1) is 10.2. The lowest BCUT2D eigenvalue weighted by Crippen LogP contribution is -2.20. The summed E-state index contributed by atoms with van der Waals surface area (Å²) in [5.41, 5.74) is 0.322. The highest BCUT2D eigenvalue weighted by molar-refractivity contribution is 6.16. The Morgan fingerprint density at radius 2 is 2.38 bits per heavy atom. The third kappa shape index (κ3) is 2.02. The molecule has 0 spiro atoms. The van der Waals surface area contributed by atoms with Crippen molar-refractivity contribution in [2.45, 2.75) is 12.8 Å². The van der Waals surface area contributed by atoms with E-state index in [4.69, 9.17) is 5.11 Å². The highest BCUT2D eigenvalue weighted by Gasteiger charge is 2.27. The van der Waals surface area contributed by atoms with Crippen LogP contribution in [-0.4, -0.2) is 32.9 Å². The third-order valence-electron chi connectivity index (χ3n) is 1.96. The number of hydrazone groups is 1. The van der Waals surface area contributed by atoms with Crippen LogP contribution in [0.2, 0.25) is 0 Å². The van der Waals surface area contributed by atoms with E-state index in [1.165, 1.54) is 6.20 Å². The Hall–Kier alpha value is -2.31. The number of rotatable bonds is 3. The Bertz CT molecular complexity index is 457. The van der Waals surface area contributed by atoms with Crippen LogP contribution in [0.3, 0.4) is 0 Å². The molecule has 82 valence electrons. The second-order valence-electron chi connectivity index (χ2n) is 3.20. The molecule has 0 radical (unpaired) electrons. The highest BCUT2D eigenvalue weighted by Crippen LogP contribution is 2.17. The molecule has 7 heteroatoms. The van der Waals surface area contributed by atoms with Crippen LogP contribution in [-0.2, 0) is 9.59 Å². The highest BCUT2D eigenvalue weighted by atomic mass is 16.4. The molecule has 0 atom stereocenters. The van der Waals surface area contributed by atoms with Gasteiger partial charge in [0.1, 0.15) is 0 Å². The summed E-state index contributed by atoms with van der Waals surface area (Å²) in [6, 6.07) is 3.21. The number of carboxylic acids is 1. The van der Waals surface area contributed by atoms with Crippen LogP contribution < -0.4 is 5.01 Å². The maximum absolute atomic E-state index is 11.5. The Labute approximate surface area is 90.4 Å². The van der Waals surface area contributed by atoms with Crippen molar-refractivity contribution in [3.05, 3.63) is 18.3 Å². The Kier molecular flexibility index (Phi) is 2.59. The number of anilines is 1. The largest absolute Gasteiger partial charge is 0.481 e. The van der Waals surface area contributed by atoms with E-state index in [-0.39, 0.29) is 18.7 Å². The van der Waals surface area contributed by atoms with Crippen molar-refractivity contribution in [3.63, 3.8) is 0 Å². The van der Waals surface area contributed by atoms with Gasteiger partial charge in [-0.15, -0.1) is 5.10 Å². The summed E-state index contributed by atoms with van der Waals surface area (Å²) in [5, 5.41) is 20.9. The van der Waals surface area contributed by atoms with Crippen molar-refractivity contribution < 1.29 is 14.7 Å². The van der Waals surface area contributed by atoms with Crippen LogP contribution >= 0.6 is 0 Å². The van der Waals surface area contributed by atoms with Crippen molar-refractivity contribution in [1.82, 2.24) is 10.2 Å². The molecule has 1 aliphatic rings. The number of carboxylic acid groups (broad SMARTS) is 1. The number of hydrogen-bond donors (Lipinski definition) is 1. The van der Waals surface area contributed by atoms with Gasteiger partial charge in [-0.05, 0) is 12.1 Å². The second-order valence-corrected chi connectivity index (χ2v) is 3.20. The summed E-state index contributed by atoms with van der Waals surface area (Å²) in [7, 11) is 0. The van der Waals surface area contributed by atoms with Gasteiger partial charge in [0.15, 0.2) is 5.82 Å². The van der Waals surface area contributed by atoms with E-state index in [0.29, 0.717) is 11.5 Å². The first-order valence-corrected chi connectivity index (χ1v) is 4.55. The number of carbonyl (C=O) groups is 2. The van der Waals surface area contributed by atoms with E-state index in [1.54, 1.807) is 12.1 Å². The van der Waals surface area contributed by atoms with Gasteiger partial charge in [0.25, 0.3) is 5.91 Å². The van der Waals surface area contributed by atoms with E-state index in [0.717, 1.165) is 5.01 Å². The van der Waals surface area contributed by atoms with E-state index in [9.17, 15) is 9.59 Å². The lowest BCUT2D eigenvalue weighted by molar-refractivity contribution is -0.135. The van der Waals surface area contributed by atoms with Gasteiger partial charge in [0.05, 0.1) is 18.6 Å². The van der Waals surface area contributed by atoms with Gasteiger partial charge in [0.2, 0.25) is 0 Å². The Balaban J connectivity index is 2.20. The quantitative estimate of drug-likeness (QED) is 0.776. The minimum Gasteiger partial charge on any atom is -0.481 e. The molecule has 1 aliphatic heterocycles. The minimum absolute atomic E-state index is 0.0167. The summed E-state index contributed by atoms with van der Waals surface area (Å²) >= 11 is 0. The molecule has 1 aromatic rings. The average Bonchev–Trinajstić information content (AvgIpc) is 2.60. The molecule has 0 aromatic carbocycles. The van der Waals surface area contributed by atoms with Gasteiger partial charge in [-0.3, -0.25) is 9.59 Å². The molecule has 0 aliphatic carbocycles. The van der Waals surface area contributed by atoms with Crippen LogP contribution in [0.4, 0.5) is 5.82 Å². The van der Waals surface area contributed by atoms with Gasteiger partial charge in [0, 0.05) is 6.20 Å². The fourth-order valence-electron chi connectivity index (χ4n) is 1.34. The molecule has 7 nitrogen and oxygen atoms in total. The molecule has 2 rings (SSSR count). The molecular weight excluding hydrogens is 212 g/mol. The fraction of sp³-hybridized carbons (Fsp3) is 0.222. The first-order chi connectivity index (χ1) is 7.66. The molecule has 0 bridgehead atoms. The monoisotopic (exact) mass is 220 g/mol. The predicted octanol–water partition coefficient (Wildman–Crippen LogP) is 0.0440. The summed E-state index contributed by atoms with van der Waals surface area (Å²) in [6.07, 6.45) is 1.26. The van der Waals surface area contributed by atoms with Gasteiger partial charge in [-0.1, -0.05) is 0 Å². The normalized spacial score (nSPS) is 15.1. The third-order valence-corrected chi connectivity index (χ3v) is 1.96. The van der Waals surface area contributed by atoms with Crippen LogP contribution in [0.5, 0.6) is 0 Å². The van der Waals surface area contributed by atoms with Crippen molar-refractivity contribution in [2.75, 3.05) is 5.01 Å². The zero-order valence-electron chi connectivity index (χ0n) is 8.20. The zero-order valence-corrected chi connectivity index (χ0v) is 8.20. The molecule has 1 aromatic heterocycles. The van der Waals surface area contributed by atoms with Crippen molar-refractivity contribution in [3.8, 4) is 0 Å². The molecule has 0 saturated carbocycles. The Morgan fingerprint density at radius 1 is 1.56 bits per heavy atom. The fourth-order valence-corrected chi connectivity index (χ4v) is 1.34. The minimum atomic E-state index is -1.01. The number of carbonyl (C=O) groups excluding carboxylic acids is 1. The van der Waals surface area contributed by atoms with Gasteiger partial charge >= 0.3 is 5.97 Å². The standard InChI is InChI=1S/C9H8N4O3/c14-8-4-6(5-9(15)16)12-13(8)7-2-1-3-10-11-7/h1-3H,4-5H2,(H,15,16). The number of hydrogen-bond acceptors (Lipinski definition) is 5. The predicted molar refractivity (Wildman–Crippen MR) is 53.8 cm³/mol. The lowest BCUT2D eigenvalue weighted by atomic mass is 10.2. The van der Waals surface area contributed by atoms with E-state index in [1.807, 2.05) is 0 Å². The lowest BCUT2D eigenvalue weighted by Gasteiger charge is -2.07. The van der Waals surface area contributed by atoms with Crippen molar-refractivity contribution in [1.29, 1.82) is 0 Å². The second kappa shape index (κ2) is 4.05. The van der Waals surface area contributed by atoms with Crippen LogP contribution in [0.15, 0.2) is 23.4 Å². The van der Waals surface area contributed by atoms with Crippen LogP contribution in [0, 0.1) is 0 Å². The number of amides is 1. The van der Waals surface area contributed by atoms with E-state index >= 15 is 0 Å². The van der Waals surface area contributed by atoms with Gasteiger partial charge in [-0.2, -0.15) is 15.2 Å². The molecular formula is C9H8N4O3. The molecule has 0 fully saturated rings. The molecule has 0 saturated heterocycles. The summed E-state index contributed by atoms with van der Waals surface area (Å²) < 4.78 is 0. The van der Waals surface area contributed by atoms with Crippen molar-refractivity contribution >= 4 is 23.4 Å². The average molecular weight is 220 g/mol. The van der Waals surface area contributed by atoms with Gasteiger partial charge < -0.3 is 5.11 Å². The van der Waals surface area contributed by atoms with E-state index in [2.05, 4.69) is 15.3 Å². The first-order valence-electron chi connectivity index (χ1n) is 4.55. The summed E-state index contributed by atoms with van der Waals surface area (Å²) in [5.74, 6) is -1.00.